The van der Waals surface area contributed by atoms with Crippen molar-refractivity contribution in [3.8, 4) is 0 Å². The van der Waals surface area contributed by atoms with Crippen LogP contribution in [0.25, 0.3) is 5.65 Å². The second-order valence-corrected chi connectivity index (χ2v) is 6.19. The molecule has 132 valence electrons. The summed E-state index contributed by atoms with van der Waals surface area (Å²) in [6, 6.07) is 4.93. The Morgan fingerprint density at radius 3 is 2.48 bits per heavy atom. The number of nitrogens with zero attached hydrogens (tertiary/aromatic N) is 4. The predicted octanol–water partition coefficient (Wildman–Crippen LogP) is 4.53. The number of alkyl halides is 3. The van der Waals surface area contributed by atoms with Crippen LogP contribution in [0.2, 0.25) is 5.28 Å². The zero-order valence-corrected chi connectivity index (χ0v) is 14.2. The Morgan fingerprint density at radius 2 is 1.88 bits per heavy atom. The van der Waals surface area contributed by atoms with Gasteiger partial charge in [-0.25, -0.2) is 9.50 Å². The fourth-order valence-electron chi connectivity index (χ4n) is 2.38. The zero-order chi connectivity index (χ0) is 18.2. The molecule has 3 rings (SSSR count). The number of hydrogen-bond donors (Lipinski definition) is 1. The second kappa shape index (κ2) is 6.51. The van der Waals surface area contributed by atoms with Crippen molar-refractivity contribution in [2.75, 3.05) is 5.32 Å². The summed E-state index contributed by atoms with van der Waals surface area (Å²) in [7, 11) is 0. The highest BCUT2D eigenvalue weighted by molar-refractivity contribution is 6.28. The Kier molecular flexibility index (Phi) is 4.55. The molecule has 0 fully saturated rings. The van der Waals surface area contributed by atoms with Crippen molar-refractivity contribution < 1.29 is 13.2 Å². The maximum Gasteiger partial charge on any atom is 0.416 e. The lowest BCUT2D eigenvalue weighted by atomic mass is 10.1. The van der Waals surface area contributed by atoms with Crippen LogP contribution in [0.3, 0.4) is 0 Å². The highest BCUT2D eigenvalue weighted by Crippen LogP contribution is 2.29. The quantitative estimate of drug-likeness (QED) is 0.734. The van der Waals surface area contributed by atoms with Crippen molar-refractivity contribution in [1.82, 2.24) is 19.6 Å². The van der Waals surface area contributed by atoms with Crippen LogP contribution in [-0.2, 0) is 12.7 Å². The number of halogens is 4. The monoisotopic (exact) mass is 369 g/mol. The summed E-state index contributed by atoms with van der Waals surface area (Å²) in [5, 5.41) is 7.27. The molecule has 0 bridgehead atoms. The molecule has 5 nitrogen and oxygen atoms in total. The Hall–Kier alpha value is -2.35. The first-order valence-electron chi connectivity index (χ1n) is 7.57. The fourth-order valence-corrected chi connectivity index (χ4v) is 2.54. The van der Waals surface area contributed by atoms with Crippen LogP contribution in [0.5, 0.6) is 0 Å². The highest BCUT2D eigenvalue weighted by Gasteiger charge is 2.29. The van der Waals surface area contributed by atoms with Crippen molar-refractivity contribution in [2.45, 2.75) is 32.5 Å². The normalized spacial score (nSPS) is 12.1. The summed E-state index contributed by atoms with van der Waals surface area (Å²) in [5.41, 5.74) is 1.40. The molecule has 0 atom stereocenters. The van der Waals surface area contributed by atoms with Crippen LogP contribution in [-0.4, -0.2) is 19.6 Å². The molecule has 0 saturated heterocycles. The molecule has 1 N–H and O–H groups in total. The van der Waals surface area contributed by atoms with Crippen molar-refractivity contribution in [3.05, 3.63) is 52.6 Å². The van der Waals surface area contributed by atoms with E-state index in [2.05, 4.69) is 20.4 Å². The Bertz CT molecular complexity index is 887. The number of aromatic nitrogens is 4. The molecular weight excluding hydrogens is 355 g/mol. The van der Waals surface area contributed by atoms with Gasteiger partial charge in [-0.2, -0.15) is 18.2 Å². The molecule has 9 heteroatoms. The van der Waals surface area contributed by atoms with E-state index in [4.69, 9.17) is 11.6 Å². The van der Waals surface area contributed by atoms with Crippen molar-refractivity contribution in [3.63, 3.8) is 0 Å². The lowest BCUT2D eigenvalue weighted by Gasteiger charge is -2.10. The van der Waals surface area contributed by atoms with Gasteiger partial charge in [-0.15, -0.1) is 5.10 Å². The molecule has 0 aliphatic carbocycles. The molecule has 2 aromatic heterocycles. The zero-order valence-electron chi connectivity index (χ0n) is 13.5. The van der Waals surface area contributed by atoms with Gasteiger partial charge in [-0.05, 0) is 35.2 Å². The summed E-state index contributed by atoms with van der Waals surface area (Å²) in [4.78, 5) is 8.43. The second-order valence-electron chi connectivity index (χ2n) is 5.85. The lowest BCUT2D eigenvalue weighted by molar-refractivity contribution is -0.137. The van der Waals surface area contributed by atoms with E-state index in [1.54, 1.807) is 10.7 Å². The number of nitrogens with one attached hydrogen (secondary N) is 1. The van der Waals surface area contributed by atoms with Gasteiger partial charge in [0.15, 0.2) is 11.5 Å². The third kappa shape index (κ3) is 3.68. The number of rotatable bonds is 4. The van der Waals surface area contributed by atoms with E-state index in [0.29, 0.717) is 17.0 Å². The van der Waals surface area contributed by atoms with Gasteiger partial charge in [0.25, 0.3) is 0 Å². The summed E-state index contributed by atoms with van der Waals surface area (Å²) in [6.45, 7) is 4.30. The fraction of sp³-hybridized carbons (Fsp3) is 0.312. The lowest BCUT2D eigenvalue weighted by Crippen LogP contribution is -2.09. The minimum Gasteiger partial charge on any atom is -0.363 e. The van der Waals surface area contributed by atoms with Gasteiger partial charge in [-0.3, -0.25) is 0 Å². The van der Waals surface area contributed by atoms with Gasteiger partial charge in [0.05, 0.1) is 17.5 Å². The summed E-state index contributed by atoms with van der Waals surface area (Å²) in [5.74, 6) is 0.621. The molecule has 0 amide bonds. The Morgan fingerprint density at radius 1 is 1.20 bits per heavy atom. The average Bonchev–Trinajstić information content (AvgIpc) is 2.96. The maximum atomic E-state index is 12.6. The first-order valence-corrected chi connectivity index (χ1v) is 7.94. The molecule has 0 saturated carbocycles. The molecule has 0 spiro atoms. The van der Waals surface area contributed by atoms with Crippen molar-refractivity contribution in [1.29, 1.82) is 0 Å². The Balaban J connectivity index is 1.84. The van der Waals surface area contributed by atoms with E-state index in [9.17, 15) is 13.2 Å². The molecule has 0 radical (unpaired) electrons. The topological polar surface area (TPSA) is 55.1 Å². The SMILES string of the molecule is CC(C)c1cnc2c(NCc3ccc(C(F)(F)F)cc3)nc(Cl)nn12. The van der Waals surface area contributed by atoms with Gasteiger partial charge in [0, 0.05) is 6.54 Å². The summed E-state index contributed by atoms with van der Waals surface area (Å²) < 4.78 is 39.4. The van der Waals surface area contributed by atoms with E-state index < -0.39 is 11.7 Å². The van der Waals surface area contributed by atoms with Crippen LogP contribution in [0.15, 0.2) is 30.5 Å². The van der Waals surface area contributed by atoms with Crippen molar-refractivity contribution >= 4 is 23.1 Å². The standard InChI is InChI=1S/C16H15ClF3N5/c1-9(2)12-8-22-14-13(23-15(17)24-25(12)14)21-7-10-3-5-11(6-4-10)16(18,19)20/h3-6,8-9H,7H2,1-2H3,(H,21,23,24). The number of fused-ring (bicyclic) bond motifs is 1. The molecular formula is C16H15ClF3N5. The predicted molar refractivity (Wildman–Crippen MR) is 88.7 cm³/mol. The number of anilines is 1. The third-order valence-corrected chi connectivity index (χ3v) is 3.86. The van der Waals surface area contributed by atoms with E-state index in [1.807, 2.05) is 13.8 Å². The molecule has 0 aliphatic heterocycles. The highest BCUT2D eigenvalue weighted by atomic mass is 35.5. The molecule has 0 aliphatic rings. The van der Waals surface area contributed by atoms with Crippen LogP contribution in [0.4, 0.5) is 19.0 Å². The molecule has 3 aromatic rings. The van der Waals surface area contributed by atoms with Crippen molar-refractivity contribution in [2.24, 2.45) is 0 Å². The van der Waals surface area contributed by atoms with Gasteiger partial charge in [0.2, 0.25) is 5.28 Å². The number of imidazole rings is 1. The van der Waals surface area contributed by atoms with E-state index in [0.717, 1.165) is 17.8 Å². The van der Waals surface area contributed by atoms with E-state index >= 15 is 0 Å². The largest absolute Gasteiger partial charge is 0.416 e. The maximum absolute atomic E-state index is 12.6. The van der Waals surface area contributed by atoms with Crippen LogP contribution in [0, 0.1) is 0 Å². The van der Waals surface area contributed by atoms with E-state index in [-0.39, 0.29) is 17.7 Å². The summed E-state index contributed by atoms with van der Waals surface area (Å²) in [6.07, 6.45) is -2.64. The molecule has 1 aromatic carbocycles. The Labute approximate surface area is 146 Å². The van der Waals surface area contributed by atoms with Crippen LogP contribution in [0.1, 0.15) is 36.6 Å². The van der Waals surface area contributed by atoms with Gasteiger partial charge >= 0.3 is 6.18 Å². The van der Waals surface area contributed by atoms with Gasteiger partial charge in [0.1, 0.15) is 0 Å². The molecule has 25 heavy (non-hydrogen) atoms. The number of hydrogen-bond acceptors (Lipinski definition) is 4. The first kappa shape index (κ1) is 17.5. The first-order chi connectivity index (χ1) is 11.8. The number of benzene rings is 1. The smallest absolute Gasteiger partial charge is 0.363 e. The molecule has 0 unspecified atom stereocenters. The molecule has 2 heterocycles. The average molecular weight is 370 g/mol. The summed E-state index contributed by atoms with van der Waals surface area (Å²) >= 11 is 5.97. The van der Waals surface area contributed by atoms with Gasteiger partial charge < -0.3 is 5.32 Å². The van der Waals surface area contributed by atoms with Gasteiger partial charge in [-0.1, -0.05) is 26.0 Å². The van der Waals surface area contributed by atoms with Crippen LogP contribution < -0.4 is 5.32 Å². The minimum atomic E-state index is -4.35. The minimum absolute atomic E-state index is 0.0577. The van der Waals surface area contributed by atoms with Crippen LogP contribution >= 0.6 is 11.6 Å². The third-order valence-electron chi connectivity index (χ3n) is 3.70. The van der Waals surface area contributed by atoms with E-state index in [1.165, 1.54) is 12.1 Å².